The number of rotatable bonds is 6. The van der Waals surface area contributed by atoms with Crippen molar-refractivity contribution in [2.24, 2.45) is 0 Å². The maximum Gasteiger partial charge on any atom is 0.318 e. The van der Waals surface area contributed by atoms with Gasteiger partial charge in [-0.05, 0) is 34.1 Å². The molecule has 5 nitrogen and oxygen atoms in total. The number of carbonyl (C=O) groups excluding carboxylic acids is 1. The second-order valence-electron chi connectivity index (χ2n) is 5.34. The van der Waals surface area contributed by atoms with E-state index in [1.165, 1.54) is 0 Å². The number of carboxylic acid groups (broad SMARTS) is 1. The van der Waals surface area contributed by atoms with E-state index >= 15 is 0 Å². The molecule has 0 bridgehead atoms. The Balaban J connectivity index is 4.60. The molecule has 5 heteroatoms. The topological polar surface area (TPSA) is 69.6 Å². The molecule has 0 radical (unpaired) electrons. The maximum atomic E-state index is 12.1. The van der Waals surface area contributed by atoms with Gasteiger partial charge in [0.2, 0.25) is 0 Å². The lowest BCUT2D eigenvalue weighted by Gasteiger charge is -2.36. The van der Waals surface area contributed by atoms with E-state index in [2.05, 4.69) is 11.9 Å². The van der Waals surface area contributed by atoms with Crippen molar-refractivity contribution in [1.82, 2.24) is 10.2 Å². The van der Waals surface area contributed by atoms with Gasteiger partial charge in [-0.2, -0.15) is 0 Å². The summed E-state index contributed by atoms with van der Waals surface area (Å²) in [5.41, 5.74) is -0.409. The standard InChI is InChI=1S/C13H24N2O3/c1-6-7-10(2)14-12(18)15(13(3,4)5)9-8-11(16)17/h6,10H,1,7-9H2,2-5H3,(H,14,18)(H,16,17). The minimum Gasteiger partial charge on any atom is -0.481 e. The molecule has 0 aliphatic heterocycles. The minimum atomic E-state index is -0.906. The van der Waals surface area contributed by atoms with Crippen LogP contribution in [0.3, 0.4) is 0 Å². The monoisotopic (exact) mass is 256 g/mol. The summed E-state index contributed by atoms with van der Waals surface area (Å²) in [7, 11) is 0. The maximum absolute atomic E-state index is 12.1. The molecule has 0 fully saturated rings. The average molecular weight is 256 g/mol. The van der Waals surface area contributed by atoms with Crippen molar-refractivity contribution < 1.29 is 14.7 Å². The molecule has 0 rings (SSSR count). The normalized spacial score (nSPS) is 12.7. The van der Waals surface area contributed by atoms with E-state index in [0.29, 0.717) is 6.42 Å². The predicted molar refractivity (Wildman–Crippen MR) is 71.5 cm³/mol. The number of aliphatic carboxylic acids is 1. The van der Waals surface area contributed by atoms with Gasteiger partial charge in [-0.25, -0.2) is 4.79 Å². The van der Waals surface area contributed by atoms with E-state index in [1.54, 1.807) is 11.0 Å². The zero-order chi connectivity index (χ0) is 14.3. The van der Waals surface area contributed by atoms with E-state index in [-0.39, 0.29) is 25.0 Å². The summed E-state index contributed by atoms with van der Waals surface area (Å²) in [6.45, 7) is 11.3. The highest BCUT2D eigenvalue weighted by molar-refractivity contribution is 5.76. The first-order valence-electron chi connectivity index (χ1n) is 6.09. The molecule has 2 N–H and O–H groups in total. The third-order valence-electron chi connectivity index (χ3n) is 2.49. The van der Waals surface area contributed by atoms with Crippen molar-refractivity contribution >= 4 is 12.0 Å². The van der Waals surface area contributed by atoms with Gasteiger partial charge in [0.15, 0.2) is 0 Å². The fraction of sp³-hybridized carbons (Fsp3) is 0.692. The zero-order valence-corrected chi connectivity index (χ0v) is 11.7. The molecule has 0 aromatic carbocycles. The Morgan fingerprint density at radius 3 is 2.39 bits per heavy atom. The van der Waals surface area contributed by atoms with E-state index < -0.39 is 11.5 Å². The molecule has 0 heterocycles. The van der Waals surface area contributed by atoms with Gasteiger partial charge in [0.25, 0.3) is 0 Å². The lowest BCUT2D eigenvalue weighted by Crippen LogP contribution is -2.52. The first-order chi connectivity index (χ1) is 8.18. The molecule has 18 heavy (non-hydrogen) atoms. The van der Waals surface area contributed by atoms with Crippen molar-refractivity contribution in [2.75, 3.05) is 6.54 Å². The van der Waals surface area contributed by atoms with Crippen LogP contribution < -0.4 is 5.32 Å². The van der Waals surface area contributed by atoms with Crippen molar-refractivity contribution in [3.8, 4) is 0 Å². The number of carboxylic acids is 1. The van der Waals surface area contributed by atoms with Crippen LogP contribution in [0.1, 0.15) is 40.5 Å². The molecule has 0 aromatic rings. The molecule has 104 valence electrons. The van der Waals surface area contributed by atoms with Crippen LogP contribution in [-0.2, 0) is 4.79 Å². The van der Waals surface area contributed by atoms with Crippen LogP contribution in [0, 0.1) is 0 Å². The van der Waals surface area contributed by atoms with Crippen molar-refractivity contribution in [3.63, 3.8) is 0 Å². The minimum absolute atomic E-state index is 0.00956. The van der Waals surface area contributed by atoms with Crippen molar-refractivity contribution in [3.05, 3.63) is 12.7 Å². The number of carbonyl (C=O) groups is 2. The Morgan fingerprint density at radius 1 is 1.44 bits per heavy atom. The molecular weight excluding hydrogens is 232 g/mol. The molecule has 0 aromatic heterocycles. The van der Waals surface area contributed by atoms with E-state index in [9.17, 15) is 9.59 Å². The molecule has 1 unspecified atom stereocenters. The Morgan fingerprint density at radius 2 is 2.00 bits per heavy atom. The van der Waals surface area contributed by atoms with Crippen LogP contribution >= 0.6 is 0 Å². The van der Waals surface area contributed by atoms with Gasteiger partial charge in [0.1, 0.15) is 0 Å². The summed E-state index contributed by atoms with van der Waals surface area (Å²) in [5, 5.41) is 11.5. The van der Waals surface area contributed by atoms with Crippen LogP contribution in [0.4, 0.5) is 4.79 Å². The highest BCUT2D eigenvalue weighted by atomic mass is 16.4. The summed E-state index contributed by atoms with van der Waals surface area (Å²) in [5.74, 6) is -0.906. The van der Waals surface area contributed by atoms with Gasteiger partial charge in [-0.3, -0.25) is 4.79 Å². The van der Waals surface area contributed by atoms with E-state index in [0.717, 1.165) is 0 Å². The number of hydrogen-bond donors (Lipinski definition) is 2. The zero-order valence-electron chi connectivity index (χ0n) is 11.7. The second-order valence-corrected chi connectivity index (χ2v) is 5.34. The van der Waals surface area contributed by atoms with Crippen LogP contribution in [-0.4, -0.2) is 40.1 Å². The first-order valence-corrected chi connectivity index (χ1v) is 6.09. The van der Waals surface area contributed by atoms with Gasteiger partial charge in [-0.1, -0.05) is 6.08 Å². The van der Waals surface area contributed by atoms with E-state index in [4.69, 9.17) is 5.11 Å². The lowest BCUT2D eigenvalue weighted by molar-refractivity contribution is -0.137. The van der Waals surface area contributed by atoms with Crippen LogP contribution in [0.5, 0.6) is 0 Å². The van der Waals surface area contributed by atoms with Crippen LogP contribution in [0.15, 0.2) is 12.7 Å². The van der Waals surface area contributed by atoms with Gasteiger partial charge < -0.3 is 15.3 Å². The van der Waals surface area contributed by atoms with Crippen molar-refractivity contribution in [1.29, 1.82) is 0 Å². The third kappa shape index (κ3) is 6.27. The number of nitrogens with one attached hydrogen (secondary N) is 1. The number of hydrogen-bond acceptors (Lipinski definition) is 2. The molecule has 0 saturated carbocycles. The van der Waals surface area contributed by atoms with E-state index in [1.807, 2.05) is 27.7 Å². The summed E-state index contributed by atoms with van der Waals surface area (Å²) in [4.78, 5) is 24.2. The Labute approximate surface area is 109 Å². The molecule has 0 aliphatic rings. The highest BCUT2D eigenvalue weighted by Gasteiger charge is 2.27. The van der Waals surface area contributed by atoms with Gasteiger partial charge >= 0.3 is 12.0 Å². The smallest absolute Gasteiger partial charge is 0.318 e. The quantitative estimate of drug-likeness (QED) is 0.716. The predicted octanol–water partition coefficient (Wildman–Crippen LogP) is 2.24. The number of nitrogens with zero attached hydrogens (tertiary/aromatic N) is 1. The average Bonchev–Trinajstić information content (AvgIpc) is 2.14. The van der Waals surface area contributed by atoms with Gasteiger partial charge in [-0.15, -0.1) is 6.58 Å². The Kier molecular flexibility index (Phi) is 6.44. The fourth-order valence-electron chi connectivity index (χ4n) is 1.55. The first kappa shape index (κ1) is 16.5. The molecule has 0 aliphatic carbocycles. The molecule has 0 spiro atoms. The van der Waals surface area contributed by atoms with Gasteiger partial charge in [0, 0.05) is 18.1 Å². The van der Waals surface area contributed by atoms with Crippen LogP contribution in [0.25, 0.3) is 0 Å². The number of urea groups is 1. The van der Waals surface area contributed by atoms with Crippen molar-refractivity contribution in [2.45, 2.75) is 52.1 Å². The lowest BCUT2D eigenvalue weighted by atomic mass is 10.1. The summed E-state index contributed by atoms with van der Waals surface area (Å²) in [6, 6.07) is -0.247. The third-order valence-corrected chi connectivity index (χ3v) is 2.49. The molecule has 1 atom stereocenters. The Hall–Kier alpha value is -1.52. The molecular formula is C13H24N2O3. The summed E-state index contributed by atoms with van der Waals surface area (Å²) < 4.78 is 0. The molecule has 2 amide bonds. The largest absolute Gasteiger partial charge is 0.481 e. The number of amides is 2. The fourth-order valence-corrected chi connectivity index (χ4v) is 1.55. The summed E-state index contributed by atoms with van der Waals surface area (Å²) >= 11 is 0. The second kappa shape index (κ2) is 7.03. The summed E-state index contributed by atoms with van der Waals surface area (Å²) in [6.07, 6.45) is 2.37. The molecule has 0 saturated heterocycles. The van der Waals surface area contributed by atoms with Gasteiger partial charge in [0.05, 0.1) is 6.42 Å². The Bertz CT molecular complexity index is 308. The SMILES string of the molecule is C=CCC(C)NC(=O)N(CCC(=O)O)C(C)(C)C. The van der Waals surface area contributed by atoms with Crippen LogP contribution in [0.2, 0.25) is 0 Å². The highest BCUT2D eigenvalue weighted by Crippen LogP contribution is 2.14.